The Morgan fingerprint density at radius 2 is 1.67 bits per heavy atom. The van der Waals surface area contributed by atoms with Crippen molar-refractivity contribution in [3.63, 3.8) is 0 Å². The average molecular weight is 342 g/mol. The second kappa shape index (κ2) is 8.00. The number of ether oxygens (including phenoxy) is 1. The van der Waals surface area contributed by atoms with E-state index in [-0.39, 0.29) is 23.5 Å². The highest BCUT2D eigenvalue weighted by Crippen LogP contribution is 2.39. The van der Waals surface area contributed by atoms with E-state index in [2.05, 4.69) is 0 Å². The molecule has 24 heavy (non-hydrogen) atoms. The number of rotatable bonds is 7. The zero-order valence-corrected chi connectivity index (χ0v) is 16.4. The predicted octanol–water partition coefficient (Wildman–Crippen LogP) is 4.48. The van der Waals surface area contributed by atoms with E-state index in [1.54, 1.807) is 13.8 Å². The molecule has 1 aliphatic heterocycles. The Bertz CT molecular complexity index is 469. The summed E-state index contributed by atoms with van der Waals surface area (Å²) in [5, 5.41) is 0. The third kappa shape index (κ3) is 4.82. The van der Waals surface area contributed by atoms with Gasteiger partial charge in [0.25, 0.3) is 0 Å². The maximum atomic E-state index is 14.7. The molecule has 0 bridgehead atoms. The molecule has 1 atom stereocenters. The number of halogens is 1. The van der Waals surface area contributed by atoms with Gasteiger partial charge >= 0.3 is 13.1 Å². The van der Waals surface area contributed by atoms with Crippen molar-refractivity contribution >= 4 is 13.1 Å². The van der Waals surface area contributed by atoms with Crippen LogP contribution >= 0.6 is 0 Å². The van der Waals surface area contributed by atoms with Crippen LogP contribution in [0, 0.1) is 11.8 Å². The van der Waals surface area contributed by atoms with Crippen LogP contribution in [0.25, 0.3) is 0 Å². The second-order valence-corrected chi connectivity index (χ2v) is 7.86. The van der Waals surface area contributed by atoms with Gasteiger partial charge in [-0.05, 0) is 65.9 Å². The third-order valence-corrected chi connectivity index (χ3v) is 5.09. The minimum atomic E-state index is -0.977. The molecule has 6 heteroatoms. The zero-order valence-electron chi connectivity index (χ0n) is 16.4. The average Bonchev–Trinajstić information content (AvgIpc) is 2.66. The molecular weight excluding hydrogens is 310 g/mol. The van der Waals surface area contributed by atoms with Crippen LogP contribution in [0.2, 0.25) is 0 Å². The Morgan fingerprint density at radius 1 is 1.17 bits per heavy atom. The number of hydrogen-bond acceptors (Lipinski definition) is 4. The molecule has 0 aromatic rings. The Labute approximate surface area is 146 Å². The Morgan fingerprint density at radius 3 is 2.08 bits per heavy atom. The summed E-state index contributed by atoms with van der Waals surface area (Å²) in [6.45, 7) is 15.4. The van der Waals surface area contributed by atoms with Crippen LogP contribution in [0.5, 0.6) is 0 Å². The standard InChI is InChI=1S/C18H32BFO4/c1-9-22-16(21)14(12(2)3)11-10-13(4)15(20)19-23-17(5,6)18(7,8)24-19/h12,14H,9-11H2,1-8H3. The Balaban J connectivity index is 2.76. The largest absolute Gasteiger partial charge is 0.525 e. The van der Waals surface area contributed by atoms with Crippen LogP contribution in [0.1, 0.15) is 68.2 Å². The van der Waals surface area contributed by atoms with Crippen molar-refractivity contribution in [2.75, 3.05) is 6.61 Å². The van der Waals surface area contributed by atoms with Gasteiger partial charge in [-0.3, -0.25) is 4.79 Å². The summed E-state index contributed by atoms with van der Waals surface area (Å²) in [6.07, 6.45) is 1.02. The minimum absolute atomic E-state index is 0.150. The maximum absolute atomic E-state index is 14.7. The lowest BCUT2D eigenvalue weighted by Crippen LogP contribution is -2.41. The monoisotopic (exact) mass is 342 g/mol. The number of esters is 1. The molecule has 1 aliphatic rings. The fourth-order valence-corrected chi connectivity index (χ4v) is 2.61. The van der Waals surface area contributed by atoms with Crippen molar-refractivity contribution in [1.29, 1.82) is 0 Å². The Hall–Kier alpha value is -0.875. The molecule has 1 rings (SSSR count). The normalized spacial score (nSPS) is 21.7. The summed E-state index contributed by atoms with van der Waals surface area (Å²) in [7, 11) is -0.977. The van der Waals surface area contributed by atoms with Crippen molar-refractivity contribution in [3.8, 4) is 0 Å². The molecule has 1 heterocycles. The topological polar surface area (TPSA) is 44.8 Å². The first-order chi connectivity index (χ1) is 10.9. The first-order valence-electron chi connectivity index (χ1n) is 8.80. The van der Waals surface area contributed by atoms with Gasteiger partial charge in [0.2, 0.25) is 0 Å². The lowest BCUT2D eigenvalue weighted by Gasteiger charge is -2.32. The Kier molecular flexibility index (Phi) is 7.06. The highest BCUT2D eigenvalue weighted by molar-refractivity contribution is 6.53. The minimum Gasteiger partial charge on any atom is -0.466 e. The quantitative estimate of drug-likeness (QED) is 0.506. The van der Waals surface area contributed by atoms with Crippen LogP contribution in [-0.2, 0) is 18.8 Å². The smallest absolute Gasteiger partial charge is 0.466 e. The summed E-state index contributed by atoms with van der Waals surface area (Å²) in [6, 6.07) is 0. The van der Waals surface area contributed by atoms with Gasteiger partial charge in [-0.15, -0.1) is 0 Å². The zero-order chi connectivity index (χ0) is 18.7. The molecule has 138 valence electrons. The molecule has 0 aromatic heterocycles. The van der Waals surface area contributed by atoms with Gasteiger partial charge < -0.3 is 14.0 Å². The second-order valence-electron chi connectivity index (χ2n) is 7.86. The molecular formula is C18H32BFO4. The number of carbonyl (C=O) groups excluding carboxylic acids is 1. The van der Waals surface area contributed by atoms with Gasteiger partial charge in [0.05, 0.1) is 23.7 Å². The van der Waals surface area contributed by atoms with E-state index in [4.69, 9.17) is 14.0 Å². The van der Waals surface area contributed by atoms with Crippen LogP contribution in [0.3, 0.4) is 0 Å². The summed E-state index contributed by atoms with van der Waals surface area (Å²) >= 11 is 0. The third-order valence-electron chi connectivity index (χ3n) is 5.09. The van der Waals surface area contributed by atoms with Gasteiger partial charge in [0, 0.05) is 0 Å². The van der Waals surface area contributed by atoms with Gasteiger partial charge in [0.1, 0.15) is 5.73 Å². The van der Waals surface area contributed by atoms with E-state index in [1.807, 2.05) is 41.5 Å². The van der Waals surface area contributed by atoms with E-state index in [0.29, 0.717) is 25.0 Å². The SMILES string of the molecule is CCOC(=O)C(CCC(C)=C(F)B1OC(C)(C)C(C)(C)O1)C(C)C. The van der Waals surface area contributed by atoms with Gasteiger partial charge in [0.15, 0.2) is 0 Å². The molecule has 0 amide bonds. The molecule has 1 unspecified atom stereocenters. The van der Waals surface area contributed by atoms with Crippen molar-refractivity contribution in [2.45, 2.75) is 79.4 Å². The number of carbonyl (C=O) groups is 1. The first-order valence-corrected chi connectivity index (χ1v) is 8.80. The van der Waals surface area contributed by atoms with Crippen molar-refractivity contribution in [2.24, 2.45) is 11.8 Å². The molecule has 0 saturated carbocycles. The van der Waals surface area contributed by atoms with E-state index in [1.165, 1.54) is 0 Å². The molecule has 0 aromatic carbocycles. The highest BCUT2D eigenvalue weighted by atomic mass is 19.1. The van der Waals surface area contributed by atoms with Crippen LogP contribution in [0.4, 0.5) is 4.39 Å². The number of allylic oxidation sites excluding steroid dienone is 1. The summed E-state index contributed by atoms with van der Waals surface area (Å²) in [4.78, 5) is 12.0. The van der Waals surface area contributed by atoms with Crippen LogP contribution in [0.15, 0.2) is 11.3 Å². The highest BCUT2D eigenvalue weighted by Gasteiger charge is 2.53. The van der Waals surface area contributed by atoms with E-state index < -0.39 is 18.3 Å². The van der Waals surface area contributed by atoms with E-state index >= 15 is 0 Å². The summed E-state index contributed by atoms with van der Waals surface area (Å²) in [5.74, 6) is -0.293. The predicted molar refractivity (Wildman–Crippen MR) is 94.1 cm³/mol. The molecule has 0 radical (unpaired) electrons. The summed E-state index contributed by atoms with van der Waals surface area (Å²) in [5.41, 5.74) is -0.968. The van der Waals surface area contributed by atoms with Crippen molar-refractivity contribution < 1.29 is 23.2 Å². The first kappa shape index (κ1) is 21.2. The fourth-order valence-electron chi connectivity index (χ4n) is 2.61. The molecule has 0 spiro atoms. The molecule has 0 N–H and O–H groups in total. The van der Waals surface area contributed by atoms with Crippen LogP contribution < -0.4 is 0 Å². The van der Waals surface area contributed by atoms with Crippen LogP contribution in [-0.4, -0.2) is 30.9 Å². The van der Waals surface area contributed by atoms with Gasteiger partial charge in [-0.1, -0.05) is 13.8 Å². The summed E-state index contributed by atoms with van der Waals surface area (Å²) < 4.78 is 31.3. The van der Waals surface area contributed by atoms with Gasteiger partial charge in [-0.2, -0.15) is 0 Å². The van der Waals surface area contributed by atoms with Gasteiger partial charge in [-0.25, -0.2) is 4.39 Å². The van der Waals surface area contributed by atoms with E-state index in [9.17, 15) is 9.18 Å². The molecule has 1 fully saturated rings. The fraction of sp³-hybridized carbons (Fsp3) is 0.833. The lowest BCUT2D eigenvalue weighted by atomic mass is 9.82. The molecule has 1 saturated heterocycles. The van der Waals surface area contributed by atoms with Crippen molar-refractivity contribution in [1.82, 2.24) is 0 Å². The molecule has 0 aliphatic carbocycles. The van der Waals surface area contributed by atoms with Crippen molar-refractivity contribution in [3.05, 3.63) is 11.3 Å². The lowest BCUT2D eigenvalue weighted by molar-refractivity contribution is -0.149. The van der Waals surface area contributed by atoms with E-state index in [0.717, 1.165) is 0 Å². The molecule has 4 nitrogen and oxygen atoms in total. The number of hydrogen-bond donors (Lipinski definition) is 0. The maximum Gasteiger partial charge on any atom is 0.525 e.